The molecule has 2 rings (SSSR count). The molecule has 0 amide bonds. The van der Waals surface area contributed by atoms with Gasteiger partial charge in [-0.1, -0.05) is 0 Å². The number of benzene rings is 1. The predicted molar refractivity (Wildman–Crippen MR) is 71.4 cm³/mol. The van der Waals surface area contributed by atoms with Gasteiger partial charge in [0.15, 0.2) is 0 Å². The lowest BCUT2D eigenvalue weighted by molar-refractivity contribution is 0.126. The molecule has 0 saturated heterocycles. The molecule has 4 nitrogen and oxygen atoms in total. The van der Waals surface area contributed by atoms with E-state index in [-0.39, 0.29) is 6.10 Å². The molecule has 1 fully saturated rings. The van der Waals surface area contributed by atoms with Crippen molar-refractivity contribution in [1.82, 2.24) is 0 Å². The van der Waals surface area contributed by atoms with Gasteiger partial charge in [0.1, 0.15) is 11.5 Å². The summed E-state index contributed by atoms with van der Waals surface area (Å²) >= 11 is 0. The van der Waals surface area contributed by atoms with Gasteiger partial charge in [0, 0.05) is 29.9 Å². The van der Waals surface area contributed by atoms with Crippen molar-refractivity contribution in [2.24, 2.45) is 0 Å². The van der Waals surface area contributed by atoms with Crippen molar-refractivity contribution in [3.8, 4) is 11.5 Å². The van der Waals surface area contributed by atoms with Crippen LogP contribution in [0.15, 0.2) is 18.2 Å². The highest BCUT2D eigenvalue weighted by Crippen LogP contribution is 2.28. The van der Waals surface area contributed by atoms with Crippen molar-refractivity contribution in [1.29, 1.82) is 0 Å². The van der Waals surface area contributed by atoms with E-state index < -0.39 is 0 Å². The fourth-order valence-corrected chi connectivity index (χ4v) is 2.35. The van der Waals surface area contributed by atoms with E-state index in [0.29, 0.717) is 6.04 Å². The van der Waals surface area contributed by atoms with Crippen molar-refractivity contribution in [2.75, 3.05) is 19.5 Å². The van der Waals surface area contributed by atoms with E-state index in [1.807, 2.05) is 18.2 Å². The Kier molecular flexibility index (Phi) is 4.31. The van der Waals surface area contributed by atoms with E-state index >= 15 is 0 Å². The minimum atomic E-state index is -0.122. The Morgan fingerprint density at radius 2 is 1.56 bits per heavy atom. The van der Waals surface area contributed by atoms with Crippen molar-refractivity contribution < 1.29 is 14.6 Å². The van der Waals surface area contributed by atoms with Crippen LogP contribution in [-0.2, 0) is 0 Å². The average Bonchev–Trinajstić information content (AvgIpc) is 2.41. The molecule has 1 aromatic carbocycles. The van der Waals surface area contributed by atoms with Gasteiger partial charge < -0.3 is 19.9 Å². The zero-order chi connectivity index (χ0) is 13.0. The van der Waals surface area contributed by atoms with Crippen LogP contribution in [-0.4, -0.2) is 31.5 Å². The first-order valence-corrected chi connectivity index (χ1v) is 6.39. The maximum Gasteiger partial charge on any atom is 0.124 e. The molecule has 0 bridgehead atoms. The molecule has 0 spiro atoms. The Labute approximate surface area is 108 Å². The molecule has 0 unspecified atom stereocenters. The quantitative estimate of drug-likeness (QED) is 0.863. The smallest absolute Gasteiger partial charge is 0.124 e. The van der Waals surface area contributed by atoms with E-state index in [1.54, 1.807) is 14.2 Å². The molecule has 2 N–H and O–H groups in total. The van der Waals surface area contributed by atoms with Gasteiger partial charge in [0.05, 0.1) is 20.3 Å². The standard InChI is InChI=1S/C14H21NO3/c1-17-13-7-11(8-14(9-13)18-2)15-10-3-5-12(16)6-4-10/h7-10,12,15-16H,3-6H2,1-2H3. The van der Waals surface area contributed by atoms with Crippen LogP contribution in [0.1, 0.15) is 25.7 Å². The number of aliphatic hydroxyl groups is 1. The zero-order valence-electron chi connectivity index (χ0n) is 11.0. The van der Waals surface area contributed by atoms with Crippen LogP contribution < -0.4 is 14.8 Å². The molecule has 1 aliphatic carbocycles. The van der Waals surface area contributed by atoms with Gasteiger partial charge in [-0.25, -0.2) is 0 Å². The van der Waals surface area contributed by atoms with E-state index in [4.69, 9.17) is 9.47 Å². The number of nitrogens with one attached hydrogen (secondary N) is 1. The van der Waals surface area contributed by atoms with Gasteiger partial charge in [0.2, 0.25) is 0 Å². The Morgan fingerprint density at radius 1 is 1.00 bits per heavy atom. The Balaban J connectivity index is 2.03. The Morgan fingerprint density at radius 3 is 2.06 bits per heavy atom. The highest BCUT2D eigenvalue weighted by molar-refractivity contribution is 5.54. The summed E-state index contributed by atoms with van der Waals surface area (Å²) in [5.41, 5.74) is 1.01. The van der Waals surface area contributed by atoms with Gasteiger partial charge in [0.25, 0.3) is 0 Å². The largest absolute Gasteiger partial charge is 0.497 e. The normalized spacial score (nSPS) is 23.5. The lowest BCUT2D eigenvalue weighted by Gasteiger charge is -2.27. The topological polar surface area (TPSA) is 50.7 Å². The van der Waals surface area contributed by atoms with Gasteiger partial charge in [-0.15, -0.1) is 0 Å². The number of aliphatic hydroxyl groups excluding tert-OH is 1. The molecular weight excluding hydrogens is 230 g/mol. The van der Waals surface area contributed by atoms with E-state index in [2.05, 4.69) is 5.32 Å². The third-order valence-electron chi connectivity index (χ3n) is 3.42. The highest BCUT2D eigenvalue weighted by Gasteiger charge is 2.19. The number of rotatable bonds is 4. The van der Waals surface area contributed by atoms with Gasteiger partial charge in [-0.3, -0.25) is 0 Å². The first-order chi connectivity index (χ1) is 8.71. The molecule has 0 aromatic heterocycles. The Hall–Kier alpha value is -1.42. The molecule has 0 atom stereocenters. The van der Waals surface area contributed by atoms with Crippen LogP contribution in [0.25, 0.3) is 0 Å². The lowest BCUT2D eigenvalue weighted by Crippen LogP contribution is -2.28. The van der Waals surface area contributed by atoms with Gasteiger partial charge in [-0.05, 0) is 25.7 Å². The second-order valence-electron chi connectivity index (χ2n) is 4.75. The summed E-state index contributed by atoms with van der Waals surface area (Å²) < 4.78 is 10.5. The molecule has 100 valence electrons. The lowest BCUT2D eigenvalue weighted by atomic mass is 9.93. The molecule has 1 aliphatic rings. The third kappa shape index (κ3) is 3.29. The molecule has 0 heterocycles. The van der Waals surface area contributed by atoms with Crippen LogP contribution in [0.4, 0.5) is 5.69 Å². The summed E-state index contributed by atoms with van der Waals surface area (Å²) in [7, 11) is 3.30. The SMILES string of the molecule is COc1cc(NC2CCC(O)CC2)cc(OC)c1. The van der Waals surface area contributed by atoms with Gasteiger partial charge in [-0.2, -0.15) is 0 Å². The van der Waals surface area contributed by atoms with E-state index in [0.717, 1.165) is 42.9 Å². The number of hydrogen-bond donors (Lipinski definition) is 2. The average molecular weight is 251 g/mol. The van der Waals surface area contributed by atoms with Crippen molar-refractivity contribution in [3.63, 3.8) is 0 Å². The number of anilines is 1. The maximum absolute atomic E-state index is 9.49. The first kappa shape index (κ1) is 13.0. The first-order valence-electron chi connectivity index (χ1n) is 6.39. The van der Waals surface area contributed by atoms with Crippen molar-refractivity contribution in [2.45, 2.75) is 37.8 Å². The van der Waals surface area contributed by atoms with Crippen LogP contribution in [0.5, 0.6) is 11.5 Å². The van der Waals surface area contributed by atoms with Crippen molar-refractivity contribution >= 4 is 5.69 Å². The maximum atomic E-state index is 9.49. The number of hydrogen-bond acceptors (Lipinski definition) is 4. The zero-order valence-corrected chi connectivity index (χ0v) is 11.0. The van der Waals surface area contributed by atoms with E-state index in [1.165, 1.54) is 0 Å². The van der Waals surface area contributed by atoms with Crippen molar-refractivity contribution in [3.05, 3.63) is 18.2 Å². The molecule has 1 saturated carbocycles. The molecule has 4 heteroatoms. The fourth-order valence-electron chi connectivity index (χ4n) is 2.35. The molecule has 1 aromatic rings. The number of ether oxygens (including phenoxy) is 2. The summed E-state index contributed by atoms with van der Waals surface area (Å²) in [6.07, 6.45) is 3.63. The highest BCUT2D eigenvalue weighted by atomic mass is 16.5. The number of methoxy groups -OCH3 is 2. The van der Waals surface area contributed by atoms with Gasteiger partial charge >= 0.3 is 0 Å². The molecule has 18 heavy (non-hydrogen) atoms. The van der Waals surface area contributed by atoms with Crippen LogP contribution in [0.3, 0.4) is 0 Å². The van der Waals surface area contributed by atoms with Crippen LogP contribution >= 0.6 is 0 Å². The summed E-state index contributed by atoms with van der Waals surface area (Å²) in [6, 6.07) is 6.21. The summed E-state index contributed by atoms with van der Waals surface area (Å²) in [4.78, 5) is 0. The van der Waals surface area contributed by atoms with Crippen LogP contribution in [0, 0.1) is 0 Å². The minimum absolute atomic E-state index is 0.122. The minimum Gasteiger partial charge on any atom is -0.497 e. The molecular formula is C14H21NO3. The molecule has 0 aliphatic heterocycles. The second kappa shape index (κ2) is 5.96. The monoisotopic (exact) mass is 251 g/mol. The summed E-state index contributed by atoms with van der Waals surface area (Å²) in [5.74, 6) is 1.57. The van der Waals surface area contributed by atoms with Crippen LogP contribution in [0.2, 0.25) is 0 Å². The van der Waals surface area contributed by atoms with E-state index in [9.17, 15) is 5.11 Å². The second-order valence-corrected chi connectivity index (χ2v) is 4.75. The fraction of sp³-hybridized carbons (Fsp3) is 0.571. The predicted octanol–water partition coefficient (Wildman–Crippen LogP) is 2.42. The summed E-state index contributed by atoms with van der Waals surface area (Å²) in [6.45, 7) is 0. The third-order valence-corrected chi connectivity index (χ3v) is 3.42. The Bertz CT molecular complexity index is 364. The summed E-state index contributed by atoms with van der Waals surface area (Å²) in [5, 5.41) is 13.0. The molecule has 0 radical (unpaired) electrons.